The molecule has 0 bridgehead atoms. The third-order valence-electron chi connectivity index (χ3n) is 3.65. The molecule has 2 heterocycles. The summed E-state index contributed by atoms with van der Waals surface area (Å²) in [5.41, 5.74) is 0.612. The van der Waals surface area contributed by atoms with Crippen molar-refractivity contribution < 1.29 is 19.6 Å². The molecule has 0 aromatic heterocycles. The van der Waals surface area contributed by atoms with Gasteiger partial charge in [0.05, 0.1) is 13.1 Å². The van der Waals surface area contributed by atoms with E-state index in [1.807, 2.05) is 0 Å². The van der Waals surface area contributed by atoms with E-state index in [-0.39, 0.29) is 12.7 Å². The summed E-state index contributed by atoms with van der Waals surface area (Å²) in [7, 11) is 0. The molecule has 108 valence electrons. The van der Waals surface area contributed by atoms with Crippen LogP contribution in [0.1, 0.15) is 10.4 Å². The van der Waals surface area contributed by atoms with Crippen molar-refractivity contribution in [1.82, 2.24) is 10.2 Å². The maximum Gasteiger partial charge on any atom is 0.251 e. The Balaban J connectivity index is 1.49. The summed E-state index contributed by atoms with van der Waals surface area (Å²) in [5, 5.41) is 5.27. The van der Waals surface area contributed by atoms with E-state index in [0.29, 0.717) is 23.6 Å². The van der Waals surface area contributed by atoms with E-state index in [0.717, 1.165) is 32.7 Å². The molecule has 6 heteroatoms. The van der Waals surface area contributed by atoms with Gasteiger partial charge >= 0.3 is 0 Å². The Morgan fingerprint density at radius 1 is 1.25 bits per heavy atom. The number of quaternary nitrogens is 1. The number of hydrogen-bond donors (Lipinski definition) is 2. The Morgan fingerprint density at radius 2 is 2.05 bits per heavy atom. The number of hydrogen-bond acceptors (Lipinski definition) is 4. The number of piperazine rings is 1. The van der Waals surface area contributed by atoms with Gasteiger partial charge in [-0.1, -0.05) is 0 Å². The Labute approximate surface area is 118 Å². The highest BCUT2D eigenvalue weighted by Gasteiger charge is 2.16. The highest BCUT2D eigenvalue weighted by Crippen LogP contribution is 2.32. The predicted octanol–water partition coefficient (Wildman–Crippen LogP) is -0.976. The number of ether oxygens (including phenoxy) is 2. The third kappa shape index (κ3) is 3.02. The number of carbonyl (C=O) groups is 1. The minimum absolute atomic E-state index is 0.0631. The van der Waals surface area contributed by atoms with Crippen LogP contribution in [0.2, 0.25) is 0 Å². The maximum atomic E-state index is 12.1. The Hall–Kier alpha value is -1.79. The Bertz CT molecular complexity index is 487. The van der Waals surface area contributed by atoms with Gasteiger partial charge in [0.2, 0.25) is 6.79 Å². The smallest absolute Gasteiger partial charge is 0.251 e. The normalized spacial score (nSPS) is 18.0. The number of nitrogens with zero attached hydrogens (tertiary/aromatic N) is 1. The molecule has 0 aliphatic carbocycles. The summed E-state index contributed by atoms with van der Waals surface area (Å²) in [5.74, 6) is 1.28. The van der Waals surface area contributed by atoms with Crippen LogP contribution >= 0.6 is 0 Å². The molecule has 1 saturated heterocycles. The molecule has 1 aromatic carbocycles. The number of fused-ring (bicyclic) bond motifs is 1. The monoisotopic (exact) mass is 278 g/mol. The molecule has 3 rings (SSSR count). The molecular weight excluding hydrogens is 258 g/mol. The van der Waals surface area contributed by atoms with E-state index in [9.17, 15) is 4.79 Å². The average Bonchev–Trinajstić information content (AvgIpc) is 2.95. The first-order valence-corrected chi connectivity index (χ1v) is 7.05. The zero-order valence-electron chi connectivity index (χ0n) is 11.4. The fourth-order valence-electron chi connectivity index (χ4n) is 2.49. The summed E-state index contributed by atoms with van der Waals surface area (Å²) < 4.78 is 10.5. The van der Waals surface area contributed by atoms with E-state index >= 15 is 0 Å². The molecule has 0 saturated carbocycles. The van der Waals surface area contributed by atoms with Crippen LogP contribution in [-0.4, -0.2) is 56.9 Å². The molecule has 0 unspecified atom stereocenters. The van der Waals surface area contributed by atoms with Crippen molar-refractivity contribution >= 4 is 5.91 Å². The van der Waals surface area contributed by atoms with E-state index in [2.05, 4.69) is 15.5 Å². The molecule has 0 atom stereocenters. The van der Waals surface area contributed by atoms with E-state index in [4.69, 9.17) is 9.47 Å². The molecule has 1 aromatic rings. The van der Waals surface area contributed by atoms with Crippen molar-refractivity contribution in [1.29, 1.82) is 0 Å². The maximum absolute atomic E-state index is 12.1. The van der Waals surface area contributed by atoms with Crippen LogP contribution in [0, 0.1) is 0 Å². The second kappa shape index (κ2) is 6.11. The van der Waals surface area contributed by atoms with Gasteiger partial charge in [-0.25, -0.2) is 0 Å². The quantitative estimate of drug-likeness (QED) is 0.743. The molecule has 3 N–H and O–H groups in total. The average molecular weight is 278 g/mol. The summed E-state index contributed by atoms with van der Waals surface area (Å²) >= 11 is 0. The van der Waals surface area contributed by atoms with Crippen LogP contribution < -0.4 is 20.1 Å². The summed E-state index contributed by atoms with van der Waals surface area (Å²) in [6.45, 7) is 6.30. The highest BCUT2D eigenvalue weighted by molar-refractivity contribution is 5.94. The van der Waals surface area contributed by atoms with Crippen LogP contribution in [0.3, 0.4) is 0 Å². The lowest BCUT2D eigenvalue weighted by atomic mass is 10.2. The zero-order valence-corrected chi connectivity index (χ0v) is 11.4. The molecule has 2 aliphatic rings. The first-order chi connectivity index (χ1) is 9.83. The second-order valence-electron chi connectivity index (χ2n) is 5.03. The largest absolute Gasteiger partial charge is 0.454 e. The first-order valence-electron chi connectivity index (χ1n) is 7.05. The summed E-state index contributed by atoms with van der Waals surface area (Å²) in [6, 6.07) is 5.27. The van der Waals surface area contributed by atoms with Gasteiger partial charge in [0.25, 0.3) is 5.91 Å². The topological polar surface area (TPSA) is 67.4 Å². The third-order valence-corrected chi connectivity index (χ3v) is 3.65. The summed E-state index contributed by atoms with van der Waals surface area (Å²) in [4.78, 5) is 14.4. The molecule has 0 radical (unpaired) electrons. The number of carbonyl (C=O) groups excluding carboxylic acids is 1. The van der Waals surface area contributed by atoms with Gasteiger partial charge in [0.1, 0.15) is 0 Å². The number of nitrogens with two attached hydrogens (primary N) is 1. The van der Waals surface area contributed by atoms with Crippen LogP contribution in [0.25, 0.3) is 0 Å². The van der Waals surface area contributed by atoms with Crippen molar-refractivity contribution in [2.24, 2.45) is 0 Å². The van der Waals surface area contributed by atoms with Crippen molar-refractivity contribution in [2.75, 3.05) is 46.1 Å². The lowest BCUT2D eigenvalue weighted by Crippen LogP contribution is -2.89. The van der Waals surface area contributed by atoms with Crippen LogP contribution in [0.5, 0.6) is 11.5 Å². The first kappa shape index (κ1) is 13.2. The van der Waals surface area contributed by atoms with Gasteiger partial charge in [-0.3, -0.25) is 9.69 Å². The zero-order chi connectivity index (χ0) is 13.8. The van der Waals surface area contributed by atoms with Crippen LogP contribution in [0.4, 0.5) is 0 Å². The molecule has 2 aliphatic heterocycles. The van der Waals surface area contributed by atoms with E-state index in [1.54, 1.807) is 18.2 Å². The summed E-state index contributed by atoms with van der Waals surface area (Å²) in [6.07, 6.45) is 0. The number of rotatable bonds is 4. The molecule has 6 nitrogen and oxygen atoms in total. The molecule has 1 fully saturated rings. The van der Waals surface area contributed by atoms with Crippen molar-refractivity contribution in [3.05, 3.63) is 23.8 Å². The predicted molar refractivity (Wildman–Crippen MR) is 73.0 cm³/mol. The Kier molecular flexibility index (Phi) is 4.03. The van der Waals surface area contributed by atoms with Gasteiger partial charge in [-0.2, -0.15) is 0 Å². The standard InChI is InChI=1S/C14H19N3O3/c18-14(16-5-8-17-6-3-15-4-7-17)11-1-2-12-13(9-11)20-10-19-12/h1-2,9,15H,3-8,10H2,(H,16,18)/p+1. The highest BCUT2D eigenvalue weighted by atomic mass is 16.7. The van der Waals surface area contributed by atoms with Crippen molar-refractivity contribution in [2.45, 2.75) is 0 Å². The molecular formula is C14H20N3O3+. The molecule has 20 heavy (non-hydrogen) atoms. The minimum Gasteiger partial charge on any atom is -0.454 e. The lowest BCUT2D eigenvalue weighted by Gasteiger charge is -2.24. The number of nitrogens with one attached hydrogen (secondary N) is 1. The van der Waals surface area contributed by atoms with Crippen LogP contribution in [-0.2, 0) is 0 Å². The molecule has 1 amide bonds. The lowest BCUT2D eigenvalue weighted by molar-refractivity contribution is -0.663. The van der Waals surface area contributed by atoms with Gasteiger partial charge in [0.15, 0.2) is 11.5 Å². The van der Waals surface area contributed by atoms with E-state index < -0.39 is 0 Å². The van der Waals surface area contributed by atoms with Gasteiger partial charge < -0.3 is 20.1 Å². The number of amides is 1. The van der Waals surface area contributed by atoms with E-state index in [1.165, 1.54) is 0 Å². The molecule has 0 spiro atoms. The van der Waals surface area contributed by atoms with Crippen LogP contribution in [0.15, 0.2) is 18.2 Å². The minimum atomic E-state index is -0.0631. The van der Waals surface area contributed by atoms with Gasteiger partial charge in [0, 0.05) is 31.7 Å². The van der Waals surface area contributed by atoms with Crippen molar-refractivity contribution in [3.8, 4) is 11.5 Å². The Morgan fingerprint density at radius 3 is 2.90 bits per heavy atom. The SMILES string of the molecule is O=C(NCCN1CC[NH2+]CC1)c1ccc2c(c1)OCO2. The fourth-order valence-corrected chi connectivity index (χ4v) is 2.49. The fraction of sp³-hybridized carbons (Fsp3) is 0.500. The van der Waals surface area contributed by atoms with Gasteiger partial charge in [-0.15, -0.1) is 0 Å². The second-order valence-corrected chi connectivity index (χ2v) is 5.03. The number of benzene rings is 1. The van der Waals surface area contributed by atoms with Gasteiger partial charge in [-0.05, 0) is 18.2 Å². The van der Waals surface area contributed by atoms with Crippen molar-refractivity contribution in [3.63, 3.8) is 0 Å².